The lowest BCUT2D eigenvalue weighted by atomic mass is 10.2. The first-order valence-electron chi connectivity index (χ1n) is 6.77. The lowest BCUT2D eigenvalue weighted by Gasteiger charge is -2.10. The van der Waals surface area contributed by atoms with E-state index in [2.05, 4.69) is 4.72 Å². The Balaban J connectivity index is 2.09. The Morgan fingerprint density at radius 3 is 2.50 bits per heavy atom. The van der Waals surface area contributed by atoms with Crippen molar-refractivity contribution in [2.75, 3.05) is 4.72 Å². The lowest BCUT2D eigenvalue weighted by Crippen LogP contribution is -2.13. The molecule has 1 N–H and O–H groups in total. The number of rotatable bonds is 3. The first-order chi connectivity index (χ1) is 11.2. The molecule has 2 aromatic carbocycles. The van der Waals surface area contributed by atoms with E-state index in [1.807, 2.05) is 6.92 Å². The van der Waals surface area contributed by atoms with E-state index in [1.165, 1.54) is 29.8 Å². The molecule has 1 heterocycles. The summed E-state index contributed by atoms with van der Waals surface area (Å²) in [6.45, 7) is 1.81. The molecule has 0 saturated carbocycles. The highest BCUT2D eigenvalue weighted by Gasteiger charge is 2.21. The van der Waals surface area contributed by atoms with Gasteiger partial charge in [0.05, 0.1) is 16.2 Å². The number of nitrogens with one attached hydrogen (secondary N) is 1. The second-order valence-electron chi connectivity index (χ2n) is 5.25. The maximum Gasteiger partial charge on any atom is 0.419 e. The van der Waals surface area contributed by atoms with Crippen LogP contribution in [0.1, 0.15) is 5.56 Å². The topological polar surface area (TPSA) is 81.3 Å². The quantitative estimate of drug-likeness (QED) is 0.745. The standard InChI is InChI=1S/C15H12Cl2N2O4S/c1-8-3-4-9(5-10(8)16)18-24(21,22)14-7-13-12(6-11(14)17)19(2)15(20)23-13/h3-7,18H,1-2H3. The Kier molecular flexibility index (Phi) is 4.11. The summed E-state index contributed by atoms with van der Waals surface area (Å²) in [5, 5.41) is 0.412. The number of aromatic nitrogens is 1. The third-order valence-corrected chi connectivity index (χ3v) is 5.81. The van der Waals surface area contributed by atoms with Crippen LogP contribution in [0.2, 0.25) is 10.0 Å². The molecule has 0 aliphatic carbocycles. The van der Waals surface area contributed by atoms with E-state index in [1.54, 1.807) is 12.1 Å². The number of sulfonamides is 1. The largest absolute Gasteiger partial charge is 0.419 e. The van der Waals surface area contributed by atoms with Crippen LogP contribution < -0.4 is 10.5 Å². The van der Waals surface area contributed by atoms with E-state index in [-0.39, 0.29) is 15.5 Å². The van der Waals surface area contributed by atoms with Crippen molar-refractivity contribution in [3.05, 3.63) is 56.5 Å². The molecule has 9 heteroatoms. The van der Waals surface area contributed by atoms with E-state index in [4.69, 9.17) is 27.6 Å². The summed E-state index contributed by atoms with van der Waals surface area (Å²) >= 11 is 12.1. The minimum atomic E-state index is -3.98. The van der Waals surface area contributed by atoms with Crippen LogP contribution in [0.25, 0.3) is 11.1 Å². The number of fused-ring (bicyclic) bond motifs is 1. The summed E-state index contributed by atoms with van der Waals surface area (Å²) in [7, 11) is -2.48. The predicted octanol–water partition coefficient (Wildman–Crippen LogP) is 3.55. The number of hydrogen-bond donors (Lipinski definition) is 1. The molecule has 0 aliphatic rings. The number of anilines is 1. The van der Waals surface area contributed by atoms with Crippen LogP contribution in [0, 0.1) is 6.92 Å². The number of benzene rings is 2. The molecule has 1 aromatic heterocycles. The average molecular weight is 387 g/mol. The van der Waals surface area contributed by atoms with Gasteiger partial charge in [-0.2, -0.15) is 0 Å². The minimum absolute atomic E-state index is 0.0235. The van der Waals surface area contributed by atoms with Crippen molar-refractivity contribution >= 4 is 50.0 Å². The Bertz CT molecular complexity index is 1120. The number of hydrogen-bond acceptors (Lipinski definition) is 4. The zero-order valence-corrected chi connectivity index (χ0v) is 15.0. The molecular weight excluding hydrogens is 375 g/mol. The first-order valence-corrected chi connectivity index (χ1v) is 9.01. The molecule has 0 radical (unpaired) electrons. The van der Waals surface area contributed by atoms with E-state index in [0.717, 1.165) is 5.56 Å². The summed E-state index contributed by atoms with van der Waals surface area (Å²) in [6.07, 6.45) is 0. The third kappa shape index (κ3) is 2.90. The molecule has 3 aromatic rings. The van der Waals surface area contributed by atoms with Gasteiger partial charge in [0.2, 0.25) is 0 Å². The van der Waals surface area contributed by atoms with Crippen molar-refractivity contribution in [2.45, 2.75) is 11.8 Å². The summed E-state index contributed by atoms with van der Waals surface area (Å²) in [4.78, 5) is 11.4. The van der Waals surface area contributed by atoms with E-state index in [9.17, 15) is 13.2 Å². The Labute approximate surface area is 147 Å². The van der Waals surface area contributed by atoms with Gasteiger partial charge in [-0.3, -0.25) is 9.29 Å². The fourth-order valence-corrected chi connectivity index (χ4v) is 3.97. The summed E-state index contributed by atoms with van der Waals surface area (Å²) < 4.78 is 33.8. The van der Waals surface area contributed by atoms with Gasteiger partial charge in [-0.05, 0) is 30.7 Å². The molecule has 0 bridgehead atoms. The van der Waals surface area contributed by atoms with Crippen LogP contribution in [0.3, 0.4) is 0 Å². The Hall–Kier alpha value is -1.96. The molecule has 6 nitrogen and oxygen atoms in total. The number of nitrogens with zero attached hydrogens (tertiary/aromatic N) is 1. The molecule has 0 fully saturated rings. The van der Waals surface area contributed by atoms with Gasteiger partial charge in [0.15, 0.2) is 5.58 Å². The maximum absolute atomic E-state index is 12.6. The van der Waals surface area contributed by atoms with Crippen LogP contribution in [-0.4, -0.2) is 13.0 Å². The van der Waals surface area contributed by atoms with Crippen molar-refractivity contribution in [1.29, 1.82) is 0 Å². The molecule has 0 spiro atoms. The fourth-order valence-electron chi connectivity index (χ4n) is 2.20. The van der Waals surface area contributed by atoms with Gasteiger partial charge >= 0.3 is 5.76 Å². The highest BCUT2D eigenvalue weighted by molar-refractivity contribution is 7.92. The second-order valence-corrected chi connectivity index (χ2v) is 7.71. The van der Waals surface area contributed by atoms with Gasteiger partial charge in [0.1, 0.15) is 4.90 Å². The highest BCUT2D eigenvalue weighted by atomic mass is 35.5. The second kappa shape index (κ2) is 5.84. The smallest absolute Gasteiger partial charge is 0.408 e. The number of aryl methyl sites for hydroxylation is 2. The van der Waals surface area contributed by atoms with E-state index >= 15 is 0 Å². The van der Waals surface area contributed by atoms with Crippen LogP contribution in [0.4, 0.5) is 5.69 Å². The van der Waals surface area contributed by atoms with Crippen LogP contribution in [0.15, 0.2) is 44.4 Å². The lowest BCUT2D eigenvalue weighted by molar-refractivity contribution is 0.527. The Morgan fingerprint density at radius 1 is 1.12 bits per heavy atom. The molecule has 3 rings (SSSR count). The summed E-state index contributed by atoms with van der Waals surface area (Å²) in [6, 6.07) is 7.38. The van der Waals surface area contributed by atoms with Gasteiger partial charge in [-0.15, -0.1) is 0 Å². The monoisotopic (exact) mass is 386 g/mol. The molecule has 0 saturated heterocycles. The molecule has 0 aliphatic heterocycles. The molecule has 24 heavy (non-hydrogen) atoms. The minimum Gasteiger partial charge on any atom is -0.408 e. The van der Waals surface area contributed by atoms with Crippen molar-refractivity contribution in [1.82, 2.24) is 4.57 Å². The van der Waals surface area contributed by atoms with Crippen LogP contribution in [0.5, 0.6) is 0 Å². The summed E-state index contributed by atoms with van der Waals surface area (Å²) in [5.41, 5.74) is 1.66. The predicted molar refractivity (Wildman–Crippen MR) is 93.5 cm³/mol. The van der Waals surface area contributed by atoms with Crippen molar-refractivity contribution < 1.29 is 12.8 Å². The number of halogens is 2. The SMILES string of the molecule is Cc1ccc(NS(=O)(=O)c2cc3oc(=O)n(C)c3cc2Cl)cc1Cl. The van der Waals surface area contributed by atoms with Gasteiger partial charge < -0.3 is 4.42 Å². The molecule has 0 atom stereocenters. The fraction of sp³-hybridized carbons (Fsp3) is 0.133. The van der Waals surface area contributed by atoms with Crippen LogP contribution >= 0.6 is 23.2 Å². The summed E-state index contributed by atoms with van der Waals surface area (Å²) in [5.74, 6) is -0.603. The normalized spacial score (nSPS) is 11.8. The highest BCUT2D eigenvalue weighted by Crippen LogP contribution is 2.29. The van der Waals surface area contributed by atoms with Gasteiger partial charge in [-0.25, -0.2) is 13.2 Å². The average Bonchev–Trinajstić information content (AvgIpc) is 2.77. The molecule has 0 unspecified atom stereocenters. The van der Waals surface area contributed by atoms with Crippen molar-refractivity contribution in [2.24, 2.45) is 7.05 Å². The van der Waals surface area contributed by atoms with Crippen LogP contribution in [-0.2, 0) is 17.1 Å². The number of oxazole rings is 1. The van der Waals surface area contributed by atoms with Gasteiger partial charge in [-0.1, -0.05) is 29.3 Å². The third-order valence-electron chi connectivity index (χ3n) is 3.56. The Morgan fingerprint density at radius 2 is 1.83 bits per heavy atom. The first kappa shape index (κ1) is 16.9. The van der Waals surface area contributed by atoms with E-state index < -0.39 is 15.8 Å². The van der Waals surface area contributed by atoms with Crippen molar-refractivity contribution in [3.63, 3.8) is 0 Å². The zero-order chi connectivity index (χ0) is 17.6. The van der Waals surface area contributed by atoms with E-state index in [0.29, 0.717) is 16.2 Å². The zero-order valence-electron chi connectivity index (χ0n) is 12.6. The van der Waals surface area contributed by atoms with Crippen molar-refractivity contribution in [3.8, 4) is 0 Å². The molecular formula is C15H12Cl2N2O4S. The maximum atomic E-state index is 12.6. The molecule has 0 amide bonds. The molecule has 126 valence electrons. The van der Waals surface area contributed by atoms with Gasteiger partial charge in [0, 0.05) is 18.1 Å². The van der Waals surface area contributed by atoms with Gasteiger partial charge in [0.25, 0.3) is 10.0 Å².